The SMILES string of the molecule is CCOc1ccccc1NC(=S)NCCCN1c2ccccc2C[C@@H]1C. The molecule has 2 aromatic rings. The molecule has 0 spiro atoms. The van der Waals surface area contributed by atoms with E-state index in [0.29, 0.717) is 17.8 Å². The molecule has 1 aliphatic heterocycles. The zero-order chi connectivity index (χ0) is 18.4. The van der Waals surface area contributed by atoms with Crippen molar-refractivity contribution in [1.82, 2.24) is 5.32 Å². The first-order valence-electron chi connectivity index (χ1n) is 9.30. The van der Waals surface area contributed by atoms with Gasteiger partial charge in [0.2, 0.25) is 0 Å². The van der Waals surface area contributed by atoms with E-state index in [-0.39, 0.29) is 0 Å². The van der Waals surface area contributed by atoms with Crippen LogP contribution in [0.1, 0.15) is 25.8 Å². The first kappa shape index (κ1) is 18.5. The number of anilines is 2. The highest BCUT2D eigenvalue weighted by Crippen LogP contribution is 2.31. The van der Waals surface area contributed by atoms with Gasteiger partial charge in [0, 0.05) is 24.8 Å². The summed E-state index contributed by atoms with van der Waals surface area (Å²) in [5.74, 6) is 0.821. The number of hydrogen-bond acceptors (Lipinski definition) is 3. The van der Waals surface area contributed by atoms with Crippen LogP contribution in [0.5, 0.6) is 5.75 Å². The van der Waals surface area contributed by atoms with Crippen molar-refractivity contribution in [3.63, 3.8) is 0 Å². The third kappa shape index (κ3) is 4.47. The number of para-hydroxylation sites is 3. The van der Waals surface area contributed by atoms with Crippen molar-refractivity contribution in [3.05, 3.63) is 54.1 Å². The maximum Gasteiger partial charge on any atom is 0.170 e. The van der Waals surface area contributed by atoms with Crippen LogP contribution in [-0.2, 0) is 6.42 Å². The van der Waals surface area contributed by atoms with Crippen LogP contribution >= 0.6 is 12.2 Å². The summed E-state index contributed by atoms with van der Waals surface area (Å²) in [4.78, 5) is 2.50. The molecule has 2 N–H and O–H groups in total. The molecule has 1 atom stereocenters. The lowest BCUT2D eigenvalue weighted by atomic mass is 10.1. The maximum absolute atomic E-state index is 5.62. The van der Waals surface area contributed by atoms with Gasteiger partial charge in [-0.2, -0.15) is 0 Å². The van der Waals surface area contributed by atoms with Crippen molar-refractivity contribution in [1.29, 1.82) is 0 Å². The number of nitrogens with zero attached hydrogens (tertiary/aromatic N) is 1. The van der Waals surface area contributed by atoms with Crippen LogP contribution in [0.15, 0.2) is 48.5 Å². The molecule has 138 valence electrons. The van der Waals surface area contributed by atoms with Crippen molar-refractivity contribution in [2.45, 2.75) is 32.7 Å². The van der Waals surface area contributed by atoms with E-state index in [2.05, 4.69) is 46.7 Å². The van der Waals surface area contributed by atoms with Crippen molar-refractivity contribution in [3.8, 4) is 5.75 Å². The Morgan fingerprint density at radius 2 is 1.96 bits per heavy atom. The summed E-state index contributed by atoms with van der Waals surface area (Å²) in [5, 5.41) is 7.16. The van der Waals surface area contributed by atoms with Gasteiger partial charge in [-0.15, -0.1) is 0 Å². The molecule has 5 heteroatoms. The molecule has 0 radical (unpaired) electrons. The molecule has 2 aromatic carbocycles. The second-order valence-electron chi connectivity index (χ2n) is 6.54. The molecule has 3 rings (SSSR count). The van der Waals surface area contributed by atoms with Gasteiger partial charge in [-0.25, -0.2) is 0 Å². The second kappa shape index (κ2) is 8.90. The predicted molar refractivity (Wildman–Crippen MR) is 113 cm³/mol. The zero-order valence-corrected chi connectivity index (χ0v) is 16.3. The number of benzene rings is 2. The molecular weight excluding hydrogens is 342 g/mol. The number of thiocarbonyl (C=S) groups is 1. The summed E-state index contributed by atoms with van der Waals surface area (Å²) >= 11 is 5.42. The summed E-state index contributed by atoms with van der Waals surface area (Å²) in [6, 6.07) is 17.1. The molecule has 26 heavy (non-hydrogen) atoms. The van der Waals surface area contributed by atoms with Gasteiger partial charge >= 0.3 is 0 Å². The number of fused-ring (bicyclic) bond motifs is 1. The molecule has 0 aliphatic carbocycles. The first-order valence-corrected chi connectivity index (χ1v) is 9.71. The van der Waals surface area contributed by atoms with Gasteiger partial charge in [-0.1, -0.05) is 30.3 Å². The second-order valence-corrected chi connectivity index (χ2v) is 6.95. The molecule has 0 saturated carbocycles. The highest BCUT2D eigenvalue weighted by molar-refractivity contribution is 7.80. The van der Waals surface area contributed by atoms with Crippen LogP contribution in [0.4, 0.5) is 11.4 Å². The quantitative estimate of drug-likeness (QED) is 0.565. The molecule has 1 aliphatic rings. The highest BCUT2D eigenvalue weighted by Gasteiger charge is 2.24. The monoisotopic (exact) mass is 369 g/mol. The van der Waals surface area contributed by atoms with Gasteiger partial charge in [-0.3, -0.25) is 0 Å². The van der Waals surface area contributed by atoms with E-state index in [1.54, 1.807) is 0 Å². The minimum Gasteiger partial charge on any atom is -0.492 e. The van der Waals surface area contributed by atoms with E-state index in [0.717, 1.165) is 37.4 Å². The summed E-state index contributed by atoms with van der Waals surface area (Å²) in [5.41, 5.74) is 3.73. The van der Waals surface area contributed by atoms with Crippen LogP contribution in [-0.4, -0.2) is 30.9 Å². The number of hydrogen-bond donors (Lipinski definition) is 2. The Labute approximate surface area is 161 Å². The van der Waals surface area contributed by atoms with Crippen molar-refractivity contribution >= 4 is 28.7 Å². The lowest BCUT2D eigenvalue weighted by molar-refractivity contribution is 0.342. The van der Waals surface area contributed by atoms with E-state index in [1.807, 2.05) is 31.2 Å². The number of ether oxygens (including phenoxy) is 1. The number of nitrogens with one attached hydrogen (secondary N) is 2. The first-order chi connectivity index (χ1) is 12.7. The van der Waals surface area contributed by atoms with E-state index in [1.165, 1.54) is 11.3 Å². The van der Waals surface area contributed by atoms with Crippen molar-refractivity contribution in [2.24, 2.45) is 0 Å². The molecule has 0 saturated heterocycles. The summed E-state index contributed by atoms with van der Waals surface area (Å²) in [7, 11) is 0. The van der Waals surface area contributed by atoms with E-state index >= 15 is 0 Å². The minimum absolute atomic E-state index is 0.565. The van der Waals surface area contributed by atoms with Crippen LogP contribution in [0.3, 0.4) is 0 Å². The average Bonchev–Trinajstić information content (AvgIpc) is 2.96. The molecule has 0 fully saturated rings. The fourth-order valence-corrected chi connectivity index (χ4v) is 3.65. The molecule has 0 unspecified atom stereocenters. The Morgan fingerprint density at radius 3 is 2.81 bits per heavy atom. The third-order valence-electron chi connectivity index (χ3n) is 4.64. The molecular formula is C21H27N3OS. The Morgan fingerprint density at radius 1 is 1.19 bits per heavy atom. The fourth-order valence-electron chi connectivity index (χ4n) is 3.44. The van der Waals surface area contributed by atoms with Gasteiger partial charge < -0.3 is 20.3 Å². The van der Waals surface area contributed by atoms with Crippen LogP contribution in [0.25, 0.3) is 0 Å². The molecule has 0 amide bonds. The maximum atomic E-state index is 5.62. The highest BCUT2D eigenvalue weighted by atomic mass is 32.1. The van der Waals surface area contributed by atoms with Gasteiger partial charge in [0.15, 0.2) is 5.11 Å². The van der Waals surface area contributed by atoms with Gasteiger partial charge in [0.25, 0.3) is 0 Å². The fraction of sp³-hybridized carbons (Fsp3) is 0.381. The molecule has 1 heterocycles. The van der Waals surface area contributed by atoms with Crippen LogP contribution < -0.4 is 20.3 Å². The Kier molecular flexibility index (Phi) is 6.34. The van der Waals surface area contributed by atoms with E-state index < -0.39 is 0 Å². The smallest absolute Gasteiger partial charge is 0.170 e. The Balaban J connectivity index is 1.45. The van der Waals surface area contributed by atoms with Crippen molar-refractivity contribution < 1.29 is 4.74 Å². The van der Waals surface area contributed by atoms with Gasteiger partial charge in [0.05, 0.1) is 12.3 Å². The van der Waals surface area contributed by atoms with Crippen LogP contribution in [0.2, 0.25) is 0 Å². The van der Waals surface area contributed by atoms with Crippen LogP contribution in [0, 0.1) is 0 Å². The molecule has 0 aromatic heterocycles. The average molecular weight is 370 g/mol. The Hall–Kier alpha value is -2.27. The lowest BCUT2D eigenvalue weighted by Crippen LogP contribution is -2.34. The van der Waals surface area contributed by atoms with Crippen molar-refractivity contribution in [2.75, 3.05) is 29.9 Å². The van der Waals surface area contributed by atoms with Gasteiger partial charge in [0.1, 0.15) is 5.75 Å². The standard InChI is InChI=1S/C21H27N3OS/c1-3-25-20-12-7-5-10-18(20)23-21(26)22-13-8-14-24-16(2)15-17-9-4-6-11-19(17)24/h4-7,9-12,16H,3,8,13-15H2,1-2H3,(H2,22,23,26)/t16-/m0/s1. The Bertz CT molecular complexity index is 750. The lowest BCUT2D eigenvalue weighted by Gasteiger charge is -2.25. The molecule has 4 nitrogen and oxygen atoms in total. The minimum atomic E-state index is 0.565. The predicted octanol–water partition coefficient (Wildman–Crippen LogP) is 4.21. The third-order valence-corrected chi connectivity index (χ3v) is 4.89. The summed E-state index contributed by atoms with van der Waals surface area (Å²) in [6.07, 6.45) is 2.17. The summed E-state index contributed by atoms with van der Waals surface area (Å²) in [6.45, 7) is 6.78. The zero-order valence-electron chi connectivity index (χ0n) is 15.5. The normalized spacial score (nSPS) is 15.5. The summed E-state index contributed by atoms with van der Waals surface area (Å²) < 4.78 is 5.62. The van der Waals surface area contributed by atoms with E-state index in [4.69, 9.17) is 17.0 Å². The van der Waals surface area contributed by atoms with Gasteiger partial charge in [-0.05, 0) is 62.7 Å². The molecule has 0 bridgehead atoms. The number of rotatable bonds is 7. The topological polar surface area (TPSA) is 36.5 Å². The largest absolute Gasteiger partial charge is 0.492 e. The van der Waals surface area contributed by atoms with E-state index in [9.17, 15) is 0 Å².